The molecule has 2 rings (SSSR count). The molecule has 21 heavy (non-hydrogen) atoms. The van der Waals surface area contributed by atoms with Crippen molar-refractivity contribution < 1.29 is 19.1 Å². The van der Waals surface area contributed by atoms with Gasteiger partial charge >= 0.3 is 5.97 Å². The maximum Gasteiger partial charge on any atom is 0.326 e. The van der Waals surface area contributed by atoms with Crippen molar-refractivity contribution in [2.45, 2.75) is 0 Å². The number of nitrogens with one attached hydrogen (secondary N) is 1. The molecule has 1 saturated heterocycles. The fourth-order valence-electron chi connectivity index (χ4n) is 1.68. The molecule has 0 spiro atoms. The predicted octanol–water partition coefficient (Wildman–Crippen LogP) is 1.99. The molecule has 1 fully saturated rings. The van der Waals surface area contributed by atoms with Crippen LogP contribution in [0.1, 0.15) is 0 Å². The summed E-state index contributed by atoms with van der Waals surface area (Å²) in [6, 6.07) is 6.63. The van der Waals surface area contributed by atoms with Gasteiger partial charge in [-0.3, -0.25) is 14.4 Å². The van der Waals surface area contributed by atoms with E-state index in [2.05, 4.69) is 5.32 Å². The van der Waals surface area contributed by atoms with Crippen LogP contribution in [-0.4, -0.2) is 47.5 Å². The third kappa shape index (κ3) is 4.95. The quantitative estimate of drug-likeness (QED) is 0.837. The molecule has 1 aromatic rings. The Labute approximate surface area is 130 Å². The van der Waals surface area contributed by atoms with E-state index >= 15 is 0 Å². The van der Waals surface area contributed by atoms with Gasteiger partial charge in [-0.15, -0.1) is 0 Å². The van der Waals surface area contributed by atoms with Gasteiger partial charge in [0.05, 0.1) is 0 Å². The summed E-state index contributed by atoms with van der Waals surface area (Å²) in [5.74, 6) is -0.402. The smallest absolute Gasteiger partial charge is 0.326 e. The van der Waals surface area contributed by atoms with Crippen LogP contribution in [0.4, 0.5) is 10.5 Å². The van der Waals surface area contributed by atoms with Crippen molar-refractivity contribution in [1.82, 2.24) is 4.90 Å². The molecule has 1 N–H and O–H groups in total. The van der Waals surface area contributed by atoms with Crippen LogP contribution in [0.2, 0.25) is 5.02 Å². The fourth-order valence-corrected chi connectivity index (χ4v) is 2.70. The highest BCUT2D eigenvalue weighted by molar-refractivity contribution is 8.13. The van der Waals surface area contributed by atoms with E-state index in [1.165, 1.54) is 4.90 Å². The fraction of sp³-hybridized carbons (Fsp3) is 0.308. The van der Waals surface area contributed by atoms with E-state index in [4.69, 9.17) is 16.3 Å². The Hall–Kier alpha value is -1.73. The molecule has 1 aromatic carbocycles. The van der Waals surface area contributed by atoms with Gasteiger partial charge < -0.3 is 15.0 Å². The zero-order valence-electron chi connectivity index (χ0n) is 11.0. The molecule has 0 unspecified atom stereocenters. The molecule has 0 bridgehead atoms. The van der Waals surface area contributed by atoms with E-state index in [1.807, 2.05) is 0 Å². The number of amides is 2. The first-order valence-electron chi connectivity index (χ1n) is 6.17. The second kappa shape index (κ2) is 7.33. The lowest BCUT2D eigenvalue weighted by Crippen LogP contribution is -2.32. The Morgan fingerprint density at radius 2 is 2.24 bits per heavy atom. The van der Waals surface area contributed by atoms with Crippen molar-refractivity contribution >= 4 is 46.2 Å². The van der Waals surface area contributed by atoms with E-state index in [0.29, 0.717) is 23.0 Å². The molecule has 112 valence electrons. The number of hydrogen-bond donors (Lipinski definition) is 1. The number of ether oxygens (including phenoxy) is 1. The van der Waals surface area contributed by atoms with Crippen LogP contribution >= 0.6 is 23.4 Å². The largest absolute Gasteiger partial charge is 0.454 e. The first kappa shape index (κ1) is 15.7. The molecule has 1 heterocycles. The summed E-state index contributed by atoms with van der Waals surface area (Å²) >= 11 is 6.95. The maximum atomic E-state index is 11.6. The summed E-state index contributed by atoms with van der Waals surface area (Å²) in [6.45, 7) is -0.00981. The highest BCUT2D eigenvalue weighted by Crippen LogP contribution is 2.17. The normalized spacial score (nSPS) is 14.1. The van der Waals surface area contributed by atoms with Crippen LogP contribution in [0.5, 0.6) is 0 Å². The Morgan fingerprint density at radius 1 is 1.43 bits per heavy atom. The summed E-state index contributed by atoms with van der Waals surface area (Å²) in [5, 5.41) is 2.91. The van der Waals surface area contributed by atoms with Crippen molar-refractivity contribution in [2.75, 3.05) is 30.8 Å². The number of anilines is 1. The summed E-state index contributed by atoms with van der Waals surface area (Å²) < 4.78 is 4.83. The van der Waals surface area contributed by atoms with Crippen molar-refractivity contribution in [3.8, 4) is 0 Å². The molecule has 6 nitrogen and oxygen atoms in total. The number of esters is 1. The topological polar surface area (TPSA) is 75.7 Å². The molecule has 1 aliphatic heterocycles. The summed E-state index contributed by atoms with van der Waals surface area (Å²) in [4.78, 5) is 35.8. The highest BCUT2D eigenvalue weighted by atomic mass is 35.5. The Kier molecular flexibility index (Phi) is 5.46. The molecular formula is C13H13ClN2O4S. The number of hydrogen-bond acceptors (Lipinski definition) is 5. The van der Waals surface area contributed by atoms with Gasteiger partial charge in [0.2, 0.25) is 0 Å². The van der Waals surface area contributed by atoms with Gasteiger partial charge in [-0.05, 0) is 18.2 Å². The second-order valence-electron chi connectivity index (χ2n) is 4.26. The monoisotopic (exact) mass is 328 g/mol. The van der Waals surface area contributed by atoms with Crippen molar-refractivity contribution in [3.05, 3.63) is 29.3 Å². The van der Waals surface area contributed by atoms with Gasteiger partial charge in [0, 0.05) is 23.0 Å². The molecule has 2 amide bonds. The van der Waals surface area contributed by atoms with Crippen molar-refractivity contribution in [2.24, 2.45) is 0 Å². The number of halogens is 1. The van der Waals surface area contributed by atoms with E-state index in [-0.39, 0.29) is 11.8 Å². The Balaban J connectivity index is 1.73. The molecule has 1 aliphatic rings. The van der Waals surface area contributed by atoms with E-state index in [1.54, 1.807) is 24.3 Å². The average Bonchev–Trinajstić information content (AvgIpc) is 2.82. The first-order chi connectivity index (χ1) is 10.0. The number of nitrogens with zero attached hydrogens (tertiary/aromatic N) is 1. The summed E-state index contributed by atoms with van der Waals surface area (Å²) in [7, 11) is 0. The van der Waals surface area contributed by atoms with Crippen molar-refractivity contribution in [3.63, 3.8) is 0 Å². The lowest BCUT2D eigenvalue weighted by atomic mass is 10.3. The van der Waals surface area contributed by atoms with Gasteiger partial charge in [-0.2, -0.15) is 0 Å². The highest BCUT2D eigenvalue weighted by Gasteiger charge is 2.24. The summed E-state index contributed by atoms with van der Waals surface area (Å²) in [6.07, 6.45) is 0. The van der Waals surface area contributed by atoms with E-state index in [9.17, 15) is 14.4 Å². The third-order valence-electron chi connectivity index (χ3n) is 2.64. The Morgan fingerprint density at radius 3 is 2.90 bits per heavy atom. The minimum atomic E-state index is -0.605. The van der Waals surface area contributed by atoms with Crippen LogP contribution in [0.3, 0.4) is 0 Å². The molecule has 0 aliphatic carbocycles. The number of benzene rings is 1. The van der Waals surface area contributed by atoms with Crippen LogP contribution in [-0.2, 0) is 14.3 Å². The Bertz CT molecular complexity index is 567. The standard InChI is InChI=1S/C13H13ClN2O4S/c14-9-2-1-3-10(6-9)15-11(17)8-20-12(18)7-16-4-5-21-13(16)19/h1-3,6H,4-5,7-8H2,(H,15,17). The van der Waals surface area contributed by atoms with Gasteiger partial charge in [0.25, 0.3) is 11.1 Å². The maximum absolute atomic E-state index is 11.6. The SMILES string of the molecule is O=C(COC(=O)CN1CCSC1=O)Nc1cccc(Cl)c1. The lowest BCUT2D eigenvalue weighted by molar-refractivity contribution is -0.147. The molecule has 0 aromatic heterocycles. The molecule has 0 atom stereocenters. The predicted molar refractivity (Wildman–Crippen MR) is 80.5 cm³/mol. The number of carbonyl (C=O) groups excluding carboxylic acids is 3. The zero-order chi connectivity index (χ0) is 15.2. The molecular weight excluding hydrogens is 316 g/mol. The molecule has 8 heteroatoms. The average molecular weight is 329 g/mol. The molecule has 0 radical (unpaired) electrons. The third-order valence-corrected chi connectivity index (χ3v) is 3.76. The van der Waals surface area contributed by atoms with Gasteiger partial charge in [-0.1, -0.05) is 29.4 Å². The van der Waals surface area contributed by atoms with Gasteiger partial charge in [-0.25, -0.2) is 0 Å². The van der Waals surface area contributed by atoms with Crippen LogP contribution in [0.25, 0.3) is 0 Å². The van der Waals surface area contributed by atoms with Crippen LogP contribution < -0.4 is 5.32 Å². The molecule has 0 saturated carbocycles. The number of thioether (sulfide) groups is 1. The first-order valence-corrected chi connectivity index (χ1v) is 7.54. The van der Waals surface area contributed by atoms with Crippen LogP contribution in [0, 0.1) is 0 Å². The number of rotatable bonds is 5. The van der Waals surface area contributed by atoms with E-state index in [0.717, 1.165) is 11.8 Å². The summed E-state index contributed by atoms with van der Waals surface area (Å²) in [5.41, 5.74) is 0.523. The minimum Gasteiger partial charge on any atom is -0.454 e. The van der Waals surface area contributed by atoms with E-state index < -0.39 is 18.5 Å². The zero-order valence-corrected chi connectivity index (χ0v) is 12.6. The second-order valence-corrected chi connectivity index (χ2v) is 5.74. The lowest BCUT2D eigenvalue weighted by Gasteiger charge is -2.13. The van der Waals surface area contributed by atoms with Gasteiger partial charge in [0.1, 0.15) is 6.54 Å². The van der Waals surface area contributed by atoms with Gasteiger partial charge in [0.15, 0.2) is 6.61 Å². The number of carbonyl (C=O) groups is 3. The minimum absolute atomic E-state index is 0.129. The van der Waals surface area contributed by atoms with Crippen molar-refractivity contribution in [1.29, 1.82) is 0 Å². The van der Waals surface area contributed by atoms with Crippen LogP contribution in [0.15, 0.2) is 24.3 Å².